The fourth-order valence-electron chi connectivity index (χ4n) is 1.22. The fourth-order valence-corrected chi connectivity index (χ4v) is 1.64. The molecule has 0 fully saturated rings. The predicted octanol–water partition coefficient (Wildman–Crippen LogP) is 4.12. The van der Waals surface area contributed by atoms with Crippen LogP contribution in [0.1, 0.15) is 18.1 Å². The highest BCUT2D eigenvalue weighted by molar-refractivity contribution is 9.10. The molecule has 1 rings (SSSR count). The molecule has 13 heavy (non-hydrogen) atoms. The van der Waals surface area contributed by atoms with Crippen LogP contribution in [-0.4, -0.2) is 0 Å². The third-order valence-electron chi connectivity index (χ3n) is 2.20. The molecule has 0 saturated carbocycles. The lowest BCUT2D eigenvalue weighted by Crippen LogP contribution is -1.95. The Morgan fingerprint density at radius 2 is 2.23 bits per heavy atom. The van der Waals surface area contributed by atoms with Crippen molar-refractivity contribution in [3.8, 4) is 0 Å². The van der Waals surface area contributed by atoms with E-state index in [1.54, 1.807) is 0 Å². The summed E-state index contributed by atoms with van der Waals surface area (Å²) < 4.78 is 1.20. The molecule has 0 aromatic heterocycles. The number of allylic oxidation sites excluding steroid dienone is 1. The molecular formula is C12H15Br. The third-order valence-corrected chi connectivity index (χ3v) is 3.05. The highest BCUT2D eigenvalue weighted by atomic mass is 79.9. The van der Waals surface area contributed by atoms with Crippen LogP contribution in [0.3, 0.4) is 0 Å². The minimum atomic E-state index is 0.551. The molecule has 0 N–H and O–H groups in total. The van der Waals surface area contributed by atoms with Crippen LogP contribution in [0.2, 0.25) is 0 Å². The number of rotatable bonds is 3. The molecule has 1 aromatic rings. The zero-order valence-electron chi connectivity index (χ0n) is 8.18. The molecule has 0 nitrogen and oxygen atoms in total. The van der Waals surface area contributed by atoms with Crippen LogP contribution >= 0.6 is 15.9 Å². The van der Waals surface area contributed by atoms with Gasteiger partial charge in [0.1, 0.15) is 0 Å². The smallest absolute Gasteiger partial charge is 0.0207 e. The Hall–Kier alpha value is -0.560. The van der Waals surface area contributed by atoms with E-state index in [9.17, 15) is 0 Å². The standard InChI is InChI=1S/C12H15Br/c1-4-9(2)7-11-6-5-10(3)12(13)8-11/h4-6,8-9H,1,7H2,2-3H3. The number of halogens is 1. The first-order chi connectivity index (χ1) is 6.13. The number of benzene rings is 1. The van der Waals surface area contributed by atoms with E-state index in [1.165, 1.54) is 15.6 Å². The molecule has 1 aromatic carbocycles. The van der Waals surface area contributed by atoms with Crippen molar-refractivity contribution < 1.29 is 0 Å². The van der Waals surface area contributed by atoms with Crippen molar-refractivity contribution in [1.29, 1.82) is 0 Å². The Labute approximate surface area is 88.8 Å². The predicted molar refractivity (Wildman–Crippen MR) is 61.9 cm³/mol. The first-order valence-electron chi connectivity index (χ1n) is 4.51. The van der Waals surface area contributed by atoms with Crippen LogP contribution in [0.5, 0.6) is 0 Å². The van der Waals surface area contributed by atoms with Gasteiger partial charge in [-0.2, -0.15) is 0 Å². The van der Waals surface area contributed by atoms with Crippen molar-refractivity contribution in [2.24, 2.45) is 5.92 Å². The van der Waals surface area contributed by atoms with Crippen LogP contribution in [0.15, 0.2) is 35.3 Å². The van der Waals surface area contributed by atoms with Crippen molar-refractivity contribution in [3.05, 3.63) is 46.5 Å². The first-order valence-corrected chi connectivity index (χ1v) is 5.30. The summed E-state index contributed by atoms with van der Waals surface area (Å²) in [6.45, 7) is 8.07. The van der Waals surface area contributed by atoms with Gasteiger partial charge in [-0.25, -0.2) is 0 Å². The van der Waals surface area contributed by atoms with Gasteiger partial charge >= 0.3 is 0 Å². The highest BCUT2D eigenvalue weighted by Crippen LogP contribution is 2.19. The number of aryl methyl sites for hydroxylation is 1. The Morgan fingerprint density at radius 1 is 1.54 bits per heavy atom. The molecule has 0 bridgehead atoms. The molecular weight excluding hydrogens is 224 g/mol. The maximum Gasteiger partial charge on any atom is 0.0207 e. The summed E-state index contributed by atoms with van der Waals surface area (Å²) >= 11 is 3.53. The van der Waals surface area contributed by atoms with E-state index in [4.69, 9.17) is 0 Å². The average molecular weight is 239 g/mol. The summed E-state index contributed by atoms with van der Waals surface area (Å²) in [5.74, 6) is 0.551. The maximum absolute atomic E-state index is 3.79. The number of hydrogen-bond acceptors (Lipinski definition) is 0. The van der Waals surface area contributed by atoms with Gasteiger partial charge in [0.15, 0.2) is 0 Å². The molecule has 0 heterocycles. The molecule has 1 unspecified atom stereocenters. The van der Waals surface area contributed by atoms with Crippen molar-refractivity contribution in [2.75, 3.05) is 0 Å². The van der Waals surface area contributed by atoms with Crippen molar-refractivity contribution in [1.82, 2.24) is 0 Å². The Kier molecular flexibility index (Phi) is 3.73. The van der Waals surface area contributed by atoms with Gasteiger partial charge in [-0.15, -0.1) is 6.58 Å². The molecule has 0 aliphatic heterocycles. The second-order valence-electron chi connectivity index (χ2n) is 3.50. The molecule has 0 aliphatic rings. The molecule has 0 saturated heterocycles. The topological polar surface area (TPSA) is 0 Å². The summed E-state index contributed by atoms with van der Waals surface area (Å²) in [7, 11) is 0. The van der Waals surface area contributed by atoms with Crippen molar-refractivity contribution in [3.63, 3.8) is 0 Å². The summed E-state index contributed by atoms with van der Waals surface area (Å²) in [4.78, 5) is 0. The van der Waals surface area contributed by atoms with Gasteiger partial charge < -0.3 is 0 Å². The highest BCUT2D eigenvalue weighted by Gasteiger charge is 2.01. The van der Waals surface area contributed by atoms with E-state index in [-0.39, 0.29) is 0 Å². The molecule has 0 amide bonds. The second-order valence-corrected chi connectivity index (χ2v) is 4.35. The normalized spacial score (nSPS) is 12.5. The largest absolute Gasteiger partial charge is 0.103 e. The zero-order chi connectivity index (χ0) is 9.84. The lowest BCUT2D eigenvalue weighted by atomic mass is 10.0. The van der Waals surface area contributed by atoms with Crippen LogP contribution in [0.4, 0.5) is 0 Å². The zero-order valence-corrected chi connectivity index (χ0v) is 9.76. The number of hydrogen-bond donors (Lipinski definition) is 0. The maximum atomic E-state index is 3.79. The minimum absolute atomic E-state index is 0.551. The van der Waals surface area contributed by atoms with Gasteiger partial charge in [0, 0.05) is 4.47 Å². The SMILES string of the molecule is C=CC(C)Cc1ccc(C)c(Br)c1. The molecule has 1 atom stereocenters. The lowest BCUT2D eigenvalue weighted by Gasteiger charge is -2.07. The van der Waals surface area contributed by atoms with Crippen LogP contribution < -0.4 is 0 Å². The van der Waals surface area contributed by atoms with Gasteiger partial charge in [-0.1, -0.05) is 41.1 Å². The average Bonchev–Trinajstić information content (AvgIpc) is 2.11. The van der Waals surface area contributed by atoms with E-state index in [1.807, 2.05) is 6.08 Å². The summed E-state index contributed by atoms with van der Waals surface area (Å²) in [5.41, 5.74) is 2.65. The summed E-state index contributed by atoms with van der Waals surface area (Å²) in [6.07, 6.45) is 3.07. The van der Waals surface area contributed by atoms with E-state index in [0.717, 1.165) is 6.42 Å². The molecule has 0 radical (unpaired) electrons. The van der Waals surface area contributed by atoms with Gasteiger partial charge in [-0.3, -0.25) is 0 Å². The minimum Gasteiger partial charge on any atom is -0.103 e. The van der Waals surface area contributed by atoms with Gasteiger partial charge in [0.2, 0.25) is 0 Å². The van der Waals surface area contributed by atoms with Gasteiger partial charge in [0.05, 0.1) is 0 Å². The Balaban J connectivity index is 2.79. The third kappa shape index (κ3) is 3.00. The first kappa shape index (κ1) is 10.5. The van der Waals surface area contributed by atoms with Crippen LogP contribution in [0.25, 0.3) is 0 Å². The Bertz CT molecular complexity index is 302. The monoisotopic (exact) mass is 238 g/mol. The second kappa shape index (κ2) is 4.61. The van der Waals surface area contributed by atoms with E-state index < -0.39 is 0 Å². The summed E-state index contributed by atoms with van der Waals surface area (Å²) in [5, 5.41) is 0. The summed E-state index contributed by atoms with van der Waals surface area (Å²) in [6, 6.07) is 6.52. The molecule has 70 valence electrons. The Morgan fingerprint density at radius 3 is 2.77 bits per heavy atom. The van der Waals surface area contributed by atoms with E-state index in [0.29, 0.717) is 5.92 Å². The van der Waals surface area contributed by atoms with Crippen LogP contribution in [-0.2, 0) is 6.42 Å². The van der Waals surface area contributed by atoms with Crippen LogP contribution in [0, 0.1) is 12.8 Å². The lowest BCUT2D eigenvalue weighted by molar-refractivity contribution is 0.725. The van der Waals surface area contributed by atoms with E-state index >= 15 is 0 Å². The quantitative estimate of drug-likeness (QED) is 0.696. The molecule has 0 spiro atoms. The van der Waals surface area contributed by atoms with Gasteiger partial charge in [0.25, 0.3) is 0 Å². The molecule has 0 aliphatic carbocycles. The van der Waals surface area contributed by atoms with Crippen molar-refractivity contribution in [2.45, 2.75) is 20.3 Å². The van der Waals surface area contributed by atoms with E-state index in [2.05, 4.69) is 54.6 Å². The molecule has 1 heteroatoms. The fraction of sp³-hybridized carbons (Fsp3) is 0.333. The van der Waals surface area contributed by atoms with Crippen molar-refractivity contribution >= 4 is 15.9 Å². The van der Waals surface area contributed by atoms with Gasteiger partial charge in [-0.05, 0) is 36.5 Å².